The highest BCUT2D eigenvalue weighted by molar-refractivity contribution is 5.30. The molecule has 6 heteroatoms. The molecule has 0 aliphatic heterocycles. The van der Waals surface area contributed by atoms with Crippen LogP contribution >= 0.6 is 0 Å². The monoisotopic (exact) mass is 242 g/mol. The summed E-state index contributed by atoms with van der Waals surface area (Å²) in [5.74, 6) is 0. The van der Waals surface area contributed by atoms with E-state index < -0.39 is 6.10 Å². The van der Waals surface area contributed by atoms with Gasteiger partial charge in [0, 0.05) is 25.9 Å². The van der Waals surface area contributed by atoms with E-state index >= 15 is 0 Å². The number of nitrogens with two attached hydrogens (primary N) is 1. The molecule has 0 amide bonds. The van der Waals surface area contributed by atoms with Crippen molar-refractivity contribution < 1.29 is 10.2 Å². The van der Waals surface area contributed by atoms with Gasteiger partial charge in [0.2, 0.25) is 0 Å². The fraction of sp³-hybridized carbons (Fsp3) is 0.727. The van der Waals surface area contributed by atoms with Crippen molar-refractivity contribution in [3.63, 3.8) is 0 Å². The summed E-state index contributed by atoms with van der Waals surface area (Å²) in [6.45, 7) is 4.89. The quantitative estimate of drug-likeness (QED) is 0.573. The van der Waals surface area contributed by atoms with Gasteiger partial charge in [0.15, 0.2) is 0 Å². The zero-order valence-electron chi connectivity index (χ0n) is 10.3. The largest absolute Gasteiger partial charge is 0.396 e. The van der Waals surface area contributed by atoms with Gasteiger partial charge in [-0.15, -0.1) is 0 Å². The van der Waals surface area contributed by atoms with Crippen molar-refractivity contribution in [3.05, 3.63) is 12.4 Å². The predicted octanol–water partition coefficient (Wildman–Crippen LogP) is -0.469. The molecule has 1 atom stereocenters. The van der Waals surface area contributed by atoms with Gasteiger partial charge in [0.1, 0.15) is 0 Å². The smallest absolute Gasteiger partial charge is 0.0862 e. The molecule has 1 unspecified atom stereocenters. The van der Waals surface area contributed by atoms with Crippen molar-refractivity contribution in [3.8, 4) is 0 Å². The van der Waals surface area contributed by atoms with Crippen molar-refractivity contribution in [2.75, 3.05) is 32.0 Å². The Labute approximate surface area is 102 Å². The first-order chi connectivity index (χ1) is 8.15. The Morgan fingerprint density at radius 1 is 1.59 bits per heavy atom. The molecule has 0 aliphatic carbocycles. The summed E-state index contributed by atoms with van der Waals surface area (Å²) in [6, 6.07) is 0. The lowest BCUT2D eigenvalue weighted by atomic mass is 10.3. The first-order valence-electron chi connectivity index (χ1n) is 5.95. The van der Waals surface area contributed by atoms with E-state index in [0.29, 0.717) is 18.8 Å². The lowest BCUT2D eigenvalue weighted by Crippen LogP contribution is -2.35. The molecule has 0 saturated carbocycles. The first kappa shape index (κ1) is 14.0. The van der Waals surface area contributed by atoms with Gasteiger partial charge < -0.3 is 20.8 Å². The average molecular weight is 242 g/mol. The van der Waals surface area contributed by atoms with Crippen LogP contribution in [0, 0.1) is 0 Å². The third-order valence-electron chi connectivity index (χ3n) is 2.60. The molecule has 17 heavy (non-hydrogen) atoms. The first-order valence-corrected chi connectivity index (χ1v) is 5.95. The van der Waals surface area contributed by atoms with Crippen LogP contribution in [0.25, 0.3) is 0 Å². The number of nitrogen functional groups attached to an aromatic ring is 1. The SMILES string of the molecule is CCN(CCCO)CC(O)Cn1cc(N)cn1. The molecule has 0 saturated heterocycles. The molecule has 0 spiro atoms. The maximum absolute atomic E-state index is 9.91. The summed E-state index contributed by atoms with van der Waals surface area (Å²) < 4.78 is 1.64. The van der Waals surface area contributed by atoms with Crippen molar-refractivity contribution in [2.45, 2.75) is 26.0 Å². The van der Waals surface area contributed by atoms with Gasteiger partial charge in [-0.2, -0.15) is 5.10 Å². The summed E-state index contributed by atoms with van der Waals surface area (Å²) in [4.78, 5) is 2.10. The summed E-state index contributed by atoms with van der Waals surface area (Å²) in [5, 5.41) is 22.7. The molecule has 4 N–H and O–H groups in total. The second-order valence-electron chi connectivity index (χ2n) is 4.12. The zero-order valence-corrected chi connectivity index (χ0v) is 10.3. The van der Waals surface area contributed by atoms with Gasteiger partial charge in [0.25, 0.3) is 0 Å². The molecule has 1 rings (SSSR count). The number of aliphatic hydroxyl groups is 2. The van der Waals surface area contributed by atoms with Crippen molar-refractivity contribution in [2.24, 2.45) is 0 Å². The van der Waals surface area contributed by atoms with Crippen LogP contribution in [-0.4, -0.2) is 57.2 Å². The van der Waals surface area contributed by atoms with Crippen LogP contribution in [0.4, 0.5) is 5.69 Å². The Morgan fingerprint density at radius 2 is 2.35 bits per heavy atom. The fourth-order valence-corrected chi connectivity index (χ4v) is 1.72. The normalized spacial score (nSPS) is 13.2. The maximum Gasteiger partial charge on any atom is 0.0862 e. The summed E-state index contributed by atoms with van der Waals surface area (Å²) in [7, 11) is 0. The highest BCUT2D eigenvalue weighted by Gasteiger charge is 2.11. The van der Waals surface area contributed by atoms with Crippen LogP contribution in [0.2, 0.25) is 0 Å². The zero-order chi connectivity index (χ0) is 12.7. The highest BCUT2D eigenvalue weighted by atomic mass is 16.3. The van der Waals surface area contributed by atoms with E-state index in [0.717, 1.165) is 19.5 Å². The molecule has 1 aromatic heterocycles. The molecule has 0 aromatic carbocycles. The van der Waals surface area contributed by atoms with Gasteiger partial charge in [-0.3, -0.25) is 4.68 Å². The van der Waals surface area contributed by atoms with E-state index in [1.807, 2.05) is 6.92 Å². The third kappa shape index (κ3) is 5.16. The molecule has 0 fully saturated rings. The van der Waals surface area contributed by atoms with E-state index in [2.05, 4.69) is 10.00 Å². The Bertz CT molecular complexity index is 316. The lowest BCUT2D eigenvalue weighted by molar-refractivity contribution is 0.0936. The molecular formula is C11H22N4O2. The van der Waals surface area contributed by atoms with E-state index in [1.54, 1.807) is 17.1 Å². The summed E-state index contributed by atoms with van der Waals surface area (Å²) >= 11 is 0. The van der Waals surface area contributed by atoms with Crippen LogP contribution in [-0.2, 0) is 6.54 Å². The van der Waals surface area contributed by atoms with E-state index in [-0.39, 0.29) is 6.61 Å². The number of aliphatic hydroxyl groups excluding tert-OH is 2. The molecule has 1 aromatic rings. The van der Waals surface area contributed by atoms with E-state index in [9.17, 15) is 5.11 Å². The lowest BCUT2D eigenvalue weighted by Gasteiger charge is -2.23. The molecule has 0 bridgehead atoms. The second kappa shape index (κ2) is 7.26. The average Bonchev–Trinajstić information content (AvgIpc) is 2.69. The molecular weight excluding hydrogens is 220 g/mol. The number of aromatic nitrogens is 2. The summed E-state index contributed by atoms with van der Waals surface area (Å²) in [6.07, 6.45) is 3.52. The third-order valence-corrected chi connectivity index (χ3v) is 2.60. The molecule has 0 radical (unpaired) electrons. The molecule has 98 valence electrons. The van der Waals surface area contributed by atoms with E-state index in [1.165, 1.54) is 0 Å². The minimum Gasteiger partial charge on any atom is -0.396 e. The number of hydrogen-bond donors (Lipinski definition) is 3. The standard InChI is InChI=1S/C11H22N4O2/c1-2-14(4-3-5-16)8-11(17)9-15-7-10(12)6-13-15/h6-7,11,16-17H,2-5,8-9,12H2,1H3. The molecule has 1 heterocycles. The Morgan fingerprint density at radius 3 is 2.88 bits per heavy atom. The number of likely N-dealkylation sites (N-methyl/N-ethyl adjacent to an activating group) is 1. The number of anilines is 1. The van der Waals surface area contributed by atoms with Gasteiger partial charge in [-0.05, 0) is 13.0 Å². The number of rotatable bonds is 8. The van der Waals surface area contributed by atoms with Gasteiger partial charge >= 0.3 is 0 Å². The van der Waals surface area contributed by atoms with Crippen molar-refractivity contribution in [1.82, 2.24) is 14.7 Å². The minimum absolute atomic E-state index is 0.183. The van der Waals surface area contributed by atoms with Crippen LogP contribution in [0.1, 0.15) is 13.3 Å². The Kier molecular flexibility index (Phi) is 5.96. The van der Waals surface area contributed by atoms with Crippen LogP contribution in [0.3, 0.4) is 0 Å². The van der Waals surface area contributed by atoms with Gasteiger partial charge in [-0.1, -0.05) is 6.92 Å². The van der Waals surface area contributed by atoms with Crippen molar-refractivity contribution in [1.29, 1.82) is 0 Å². The minimum atomic E-state index is -0.479. The predicted molar refractivity (Wildman–Crippen MR) is 66.5 cm³/mol. The van der Waals surface area contributed by atoms with E-state index in [4.69, 9.17) is 10.8 Å². The van der Waals surface area contributed by atoms with Gasteiger partial charge in [-0.25, -0.2) is 0 Å². The second-order valence-corrected chi connectivity index (χ2v) is 4.12. The fourth-order valence-electron chi connectivity index (χ4n) is 1.72. The topological polar surface area (TPSA) is 87.5 Å². The molecule has 6 nitrogen and oxygen atoms in total. The Hall–Kier alpha value is -1.11. The van der Waals surface area contributed by atoms with Crippen LogP contribution < -0.4 is 5.73 Å². The summed E-state index contributed by atoms with van der Waals surface area (Å²) in [5.41, 5.74) is 6.15. The van der Waals surface area contributed by atoms with Crippen LogP contribution in [0.15, 0.2) is 12.4 Å². The Balaban J connectivity index is 2.34. The van der Waals surface area contributed by atoms with Gasteiger partial charge in [0.05, 0.1) is 24.5 Å². The number of nitrogens with zero attached hydrogens (tertiary/aromatic N) is 3. The van der Waals surface area contributed by atoms with Crippen molar-refractivity contribution >= 4 is 5.69 Å². The van der Waals surface area contributed by atoms with Crippen LogP contribution in [0.5, 0.6) is 0 Å². The molecule has 0 aliphatic rings. The maximum atomic E-state index is 9.91. The highest BCUT2D eigenvalue weighted by Crippen LogP contribution is 2.01. The number of hydrogen-bond acceptors (Lipinski definition) is 5.